The summed E-state index contributed by atoms with van der Waals surface area (Å²) in [6.07, 6.45) is 4.59. The number of amides is 1. The first-order chi connectivity index (χ1) is 7.58. The van der Waals surface area contributed by atoms with Crippen molar-refractivity contribution in [2.24, 2.45) is 0 Å². The zero-order valence-corrected chi connectivity index (χ0v) is 11.4. The predicted molar refractivity (Wildman–Crippen MR) is 65.3 cm³/mol. The molecule has 0 aromatic heterocycles. The molecular formula is C13H21NO3. The first-order valence-corrected chi connectivity index (χ1v) is 5.75. The van der Waals surface area contributed by atoms with Gasteiger partial charge in [0.15, 0.2) is 0 Å². The van der Waals surface area contributed by atoms with E-state index in [-0.39, 0.29) is 6.04 Å². The van der Waals surface area contributed by atoms with Crippen LogP contribution in [0.1, 0.15) is 41.5 Å². The third-order valence-corrected chi connectivity index (χ3v) is 2.60. The van der Waals surface area contributed by atoms with E-state index in [1.54, 1.807) is 4.90 Å². The SMILES string of the molecule is C#CC1OC(C)(C)N(C(=O)OC(C)(C)C)C1C. The normalized spacial score (nSPS) is 27.7. The lowest BCUT2D eigenvalue weighted by atomic mass is 10.1. The van der Waals surface area contributed by atoms with Gasteiger partial charge in [-0.05, 0) is 41.5 Å². The average Bonchev–Trinajstić information content (AvgIpc) is 2.32. The molecule has 1 amide bonds. The van der Waals surface area contributed by atoms with Crippen LogP contribution in [0.15, 0.2) is 0 Å². The number of carbonyl (C=O) groups is 1. The van der Waals surface area contributed by atoms with E-state index < -0.39 is 23.5 Å². The highest BCUT2D eigenvalue weighted by Crippen LogP contribution is 2.33. The van der Waals surface area contributed by atoms with E-state index >= 15 is 0 Å². The molecule has 1 saturated heterocycles. The molecule has 1 aliphatic rings. The lowest BCUT2D eigenvalue weighted by molar-refractivity contribution is -0.0700. The molecule has 1 rings (SSSR count). The summed E-state index contributed by atoms with van der Waals surface area (Å²) in [6.45, 7) is 11.0. The molecule has 96 valence electrons. The van der Waals surface area contributed by atoms with Crippen molar-refractivity contribution in [3.05, 3.63) is 0 Å². The maximum Gasteiger partial charge on any atom is 0.412 e. The van der Waals surface area contributed by atoms with Crippen molar-refractivity contribution in [1.29, 1.82) is 0 Å². The summed E-state index contributed by atoms with van der Waals surface area (Å²) in [5, 5.41) is 0. The van der Waals surface area contributed by atoms with Crippen LogP contribution in [-0.4, -0.2) is 34.5 Å². The minimum absolute atomic E-state index is 0.190. The van der Waals surface area contributed by atoms with E-state index in [2.05, 4.69) is 5.92 Å². The smallest absolute Gasteiger partial charge is 0.412 e. The molecule has 0 spiro atoms. The second-order valence-corrected chi connectivity index (χ2v) is 5.74. The Morgan fingerprint density at radius 2 is 2.00 bits per heavy atom. The summed E-state index contributed by atoms with van der Waals surface area (Å²) >= 11 is 0. The van der Waals surface area contributed by atoms with Gasteiger partial charge in [0.05, 0.1) is 6.04 Å². The van der Waals surface area contributed by atoms with Gasteiger partial charge in [-0.25, -0.2) is 4.79 Å². The minimum atomic E-state index is -0.737. The van der Waals surface area contributed by atoms with Gasteiger partial charge in [0.2, 0.25) is 0 Å². The molecule has 0 aromatic carbocycles. The molecule has 2 unspecified atom stereocenters. The van der Waals surface area contributed by atoms with E-state index in [0.717, 1.165) is 0 Å². The minimum Gasteiger partial charge on any atom is -0.444 e. The Morgan fingerprint density at radius 1 is 1.47 bits per heavy atom. The summed E-state index contributed by atoms with van der Waals surface area (Å²) in [5.74, 6) is 2.55. The molecule has 0 aliphatic carbocycles. The maximum absolute atomic E-state index is 12.1. The van der Waals surface area contributed by atoms with E-state index in [9.17, 15) is 4.79 Å². The van der Waals surface area contributed by atoms with E-state index in [0.29, 0.717) is 0 Å². The monoisotopic (exact) mass is 239 g/mol. The highest BCUT2D eigenvalue weighted by Gasteiger charge is 2.48. The van der Waals surface area contributed by atoms with Crippen LogP contribution in [0.5, 0.6) is 0 Å². The first-order valence-electron chi connectivity index (χ1n) is 5.75. The first kappa shape index (κ1) is 13.9. The zero-order chi connectivity index (χ0) is 13.4. The van der Waals surface area contributed by atoms with Crippen LogP contribution < -0.4 is 0 Å². The van der Waals surface area contributed by atoms with Crippen molar-refractivity contribution in [1.82, 2.24) is 4.90 Å². The van der Waals surface area contributed by atoms with Gasteiger partial charge in [0, 0.05) is 0 Å². The number of ether oxygens (including phenoxy) is 2. The second-order valence-electron chi connectivity index (χ2n) is 5.74. The highest BCUT2D eigenvalue weighted by atomic mass is 16.6. The highest BCUT2D eigenvalue weighted by molar-refractivity contribution is 5.70. The third-order valence-electron chi connectivity index (χ3n) is 2.60. The summed E-state index contributed by atoms with van der Waals surface area (Å²) in [7, 11) is 0. The molecule has 1 heterocycles. The molecule has 4 heteroatoms. The average molecular weight is 239 g/mol. The fourth-order valence-corrected chi connectivity index (χ4v) is 1.96. The van der Waals surface area contributed by atoms with Crippen LogP contribution in [0.2, 0.25) is 0 Å². The fourth-order valence-electron chi connectivity index (χ4n) is 1.96. The second kappa shape index (κ2) is 4.23. The summed E-state index contributed by atoms with van der Waals surface area (Å²) in [4.78, 5) is 13.7. The molecule has 1 fully saturated rings. The lowest BCUT2D eigenvalue weighted by Gasteiger charge is -2.33. The quantitative estimate of drug-likeness (QED) is 0.609. The Morgan fingerprint density at radius 3 is 2.35 bits per heavy atom. The van der Waals surface area contributed by atoms with E-state index in [1.165, 1.54) is 0 Å². The Balaban J connectivity index is 2.89. The molecule has 0 aromatic rings. The molecular weight excluding hydrogens is 218 g/mol. The van der Waals surface area contributed by atoms with E-state index in [1.807, 2.05) is 41.5 Å². The van der Waals surface area contributed by atoms with Crippen molar-refractivity contribution in [3.8, 4) is 12.3 Å². The Kier molecular flexibility index (Phi) is 3.45. The van der Waals surface area contributed by atoms with Crippen molar-refractivity contribution in [2.75, 3.05) is 0 Å². The van der Waals surface area contributed by atoms with Gasteiger partial charge < -0.3 is 9.47 Å². The van der Waals surface area contributed by atoms with Gasteiger partial charge in [0.1, 0.15) is 17.4 Å². The number of hydrogen-bond acceptors (Lipinski definition) is 3. The number of hydrogen-bond donors (Lipinski definition) is 0. The molecule has 0 N–H and O–H groups in total. The zero-order valence-electron chi connectivity index (χ0n) is 11.4. The number of nitrogens with zero attached hydrogens (tertiary/aromatic N) is 1. The Hall–Kier alpha value is -1.21. The van der Waals surface area contributed by atoms with Crippen LogP contribution >= 0.6 is 0 Å². The van der Waals surface area contributed by atoms with Crippen LogP contribution in [0, 0.1) is 12.3 Å². The number of carbonyl (C=O) groups excluding carboxylic acids is 1. The van der Waals surface area contributed by atoms with Gasteiger partial charge in [-0.2, -0.15) is 0 Å². The van der Waals surface area contributed by atoms with Crippen LogP contribution in [-0.2, 0) is 9.47 Å². The van der Waals surface area contributed by atoms with Gasteiger partial charge >= 0.3 is 6.09 Å². The summed E-state index contributed by atoms with van der Waals surface area (Å²) in [5.41, 5.74) is -1.26. The third kappa shape index (κ3) is 2.92. The van der Waals surface area contributed by atoms with Gasteiger partial charge in [0.25, 0.3) is 0 Å². The maximum atomic E-state index is 12.1. The molecule has 2 atom stereocenters. The molecule has 0 bridgehead atoms. The van der Waals surface area contributed by atoms with Crippen LogP contribution in [0.3, 0.4) is 0 Å². The molecule has 0 radical (unpaired) electrons. The lowest BCUT2D eigenvalue weighted by Crippen LogP contribution is -2.49. The fraction of sp³-hybridized carbons (Fsp3) is 0.769. The summed E-state index contributed by atoms with van der Waals surface area (Å²) in [6, 6.07) is -0.190. The Bertz CT molecular complexity index is 349. The van der Waals surface area contributed by atoms with Gasteiger partial charge in [-0.3, -0.25) is 4.90 Å². The predicted octanol–water partition coefficient (Wildman–Crippen LogP) is 2.38. The Labute approximate surface area is 103 Å². The molecule has 17 heavy (non-hydrogen) atoms. The van der Waals surface area contributed by atoms with Crippen LogP contribution in [0.25, 0.3) is 0 Å². The number of rotatable bonds is 0. The largest absolute Gasteiger partial charge is 0.444 e. The molecule has 4 nitrogen and oxygen atoms in total. The van der Waals surface area contributed by atoms with Crippen molar-refractivity contribution in [3.63, 3.8) is 0 Å². The summed E-state index contributed by atoms with van der Waals surface area (Å²) < 4.78 is 11.0. The van der Waals surface area contributed by atoms with Crippen molar-refractivity contribution < 1.29 is 14.3 Å². The molecule has 1 aliphatic heterocycles. The van der Waals surface area contributed by atoms with Crippen LogP contribution in [0.4, 0.5) is 4.79 Å². The topological polar surface area (TPSA) is 38.8 Å². The van der Waals surface area contributed by atoms with Gasteiger partial charge in [-0.15, -0.1) is 6.42 Å². The van der Waals surface area contributed by atoms with E-state index in [4.69, 9.17) is 15.9 Å². The molecule has 0 saturated carbocycles. The van der Waals surface area contributed by atoms with Crippen molar-refractivity contribution in [2.45, 2.75) is 65.0 Å². The number of terminal acetylenes is 1. The van der Waals surface area contributed by atoms with Gasteiger partial charge in [-0.1, -0.05) is 5.92 Å². The van der Waals surface area contributed by atoms with Crippen molar-refractivity contribution >= 4 is 6.09 Å². The standard InChI is InChI=1S/C13H21NO3/c1-8-10-9(2)14(13(6,7)16-10)11(15)17-12(3,4)5/h1,9-10H,2-7H3.